The van der Waals surface area contributed by atoms with Gasteiger partial charge in [0.25, 0.3) is 6.16 Å². The first-order valence-electron chi connectivity index (χ1n) is 7.64. The summed E-state index contributed by atoms with van der Waals surface area (Å²) in [6.07, 6.45) is -4.42. The zero-order valence-electron chi connectivity index (χ0n) is 13.4. The molecule has 2 rings (SSSR count). The van der Waals surface area contributed by atoms with Gasteiger partial charge in [0.2, 0.25) is 0 Å². The fraction of sp³-hybridized carbons (Fsp3) is 0.278. The van der Waals surface area contributed by atoms with Gasteiger partial charge in [-0.25, -0.2) is 0 Å². The first kappa shape index (κ1) is 18.6. The van der Waals surface area contributed by atoms with E-state index in [0.29, 0.717) is 23.5 Å². The highest BCUT2D eigenvalue weighted by Crippen LogP contribution is 2.36. The summed E-state index contributed by atoms with van der Waals surface area (Å²) in [5, 5.41) is 10.7. The molecule has 25 heavy (non-hydrogen) atoms. The van der Waals surface area contributed by atoms with Crippen molar-refractivity contribution < 1.29 is 32.5 Å². The summed E-state index contributed by atoms with van der Waals surface area (Å²) in [6, 6.07) is 8.76. The van der Waals surface area contributed by atoms with Gasteiger partial charge in [0, 0.05) is 5.56 Å². The summed E-state index contributed by atoms with van der Waals surface area (Å²) >= 11 is 0. The second kappa shape index (κ2) is 7.92. The van der Waals surface area contributed by atoms with Crippen LogP contribution >= 0.6 is 0 Å². The monoisotopic (exact) mass is 353 g/mol. The number of halogens is 3. The van der Waals surface area contributed by atoms with Crippen LogP contribution in [0.15, 0.2) is 42.5 Å². The maximum atomic E-state index is 12.7. The molecule has 2 aromatic carbocycles. The summed E-state index contributed by atoms with van der Waals surface area (Å²) in [6.45, 7) is 2.48. The molecule has 0 aliphatic heterocycles. The molecular weight excluding hydrogens is 337 g/mol. The average Bonchev–Trinajstić information content (AvgIpc) is 2.55. The molecule has 0 aliphatic carbocycles. The molecule has 0 bridgehead atoms. The Hall–Kier alpha value is -2.70. The van der Waals surface area contributed by atoms with Gasteiger partial charge in [-0.15, -0.1) is 0 Å². The minimum atomic E-state index is -4.45. The zero-order chi connectivity index (χ0) is 18.4. The van der Waals surface area contributed by atoms with E-state index < -0.39 is 17.9 Å². The maximum absolute atomic E-state index is 12.7. The van der Waals surface area contributed by atoms with Gasteiger partial charge in [0.15, 0.2) is 0 Å². The molecule has 0 aromatic heterocycles. The molecule has 2 aromatic rings. The van der Waals surface area contributed by atoms with Gasteiger partial charge in [-0.1, -0.05) is 25.5 Å². The number of carbonyl (C=O) groups excluding carboxylic acids is 1. The number of rotatable bonds is 6. The van der Waals surface area contributed by atoms with Gasteiger partial charge in [0.05, 0.1) is 17.9 Å². The van der Waals surface area contributed by atoms with E-state index in [1.54, 1.807) is 0 Å². The van der Waals surface area contributed by atoms with E-state index in [0.717, 1.165) is 25.0 Å². The Balaban J connectivity index is 2.37. The fourth-order valence-corrected chi connectivity index (χ4v) is 2.18. The van der Waals surface area contributed by atoms with Gasteiger partial charge < -0.3 is 19.4 Å². The number of hydrogen-bond acceptors (Lipinski definition) is 4. The van der Waals surface area contributed by atoms with Crippen LogP contribution in [0.2, 0.25) is 0 Å². The molecule has 0 unspecified atom stereocenters. The third kappa shape index (κ3) is 5.14. The van der Waals surface area contributed by atoms with Crippen LogP contribution in [0.4, 0.5) is 18.0 Å². The van der Waals surface area contributed by atoms with Gasteiger partial charge in [-0.2, -0.15) is 13.2 Å². The molecule has 0 N–H and O–H groups in total. The molecule has 0 spiro atoms. The lowest BCUT2D eigenvalue weighted by atomic mass is 10.0. The smallest absolute Gasteiger partial charge is 0.416 e. The Morgan fingerprint density at radius 2 is 1.80 bits per heavy atom. The second-order valence-electron chi connectivity index (χ2n) is 5.29. The molecule has 0 radical (unpaired) electrons. The molecule has 0 saturated heterocycles. The standard InChI is InChI=1S/C18H17F3O4/c1-2-3-10-24-14-8-9-16(25-17(22)23)15(11-14)12-4-6-13(7-5-12)18(19,20)21/h4-9,11H,2-3,10H2,1H3,(H,22,23)/p-1. The Labute approximate surface area is 142 Å². The fourth-order valence-electron chi connectivity index (χ4n) is 2.18. The summed E-state index contributed by atoms with van der Waals surface area (Å²) in [7, 11) is 0. The highest BCUT2D eigenvalue weighted by atomic mass is 19.4. The van der Waals surface area contributed by atoms with E-state index in [9.17, 15) is 23.1 Å². The Morgan fingerprint density at radius 3 is 2.36 bits per heavy atom. The lowest BCUT2D eigenvalue weighted by Gasteiger charge is -2.16. The van der Waals surface area contributed by atoms with Gasteiger partial charge >= 0.3 is 6.18 Å². The predicted molar refractivity (Wildman–Crippen MR) is 83.3 cm³/mol. The van der Waals surface area contributed by atoms with E-state index in [2.05, 4.69) is 4.74 Å². The normalized spacial score (nSPS) is 11.2. The largest absolute Gasteiger partial charge is 0.513 e. The lowest BCUT2D eigenvalue weighted by molar-refractivity contribution is -0.271. The molecule has 0 aliphatic rings. The van der Waals surface area contributed by atoms with Crippen molar-refractivity contribution in [1.82, 2.24) is 0 Å². The van der Waals surface area contributed by atoms with Crippen molar-refractivity contribution in [3.8, 4) is 22.6 Å². The van der Waals surface area contributed by atoms with Gasteiger partial charge in [-0.3, -0.25) is 0 Å². The maximum Gasteiger partial charge on any atom is 0.416 e. The van der Waals surface area contributed by atoms with Crippen LogP contribution in [-0.4, -0.2) is 12.8 Å². The van der Waals surface area contributed by atoms with Crippen molar-refractivity contribution in [3.05, 3.63) is 48.0 Å². The number of alkyl halides is 3. The van der Waals surface area contributed by atoms with Crippen LogP contribution in [0.1, 0.15) is 25.3 Å². The molecular formula is C18H16F3O4-. The summed E-state index contributed by atoms with van der Waals surface area (Å²) in [4.78, 5) is 10.7. The quantitative estimate of drug-likeness (QED) is 0.442. The number of ether oxygens (including phenoxy) is 2. The molecule has 134 valence electrons. The van der Waals surface area contributed by atoms with E-state index in [1.165, 1.54) is 30.3 Å². The second-order valence-corrected chi connectivity index (χ2v) is 5.29. The Bertz CT molecular complexity index is 724. The number of benzene rings is 2. The van der Waals surface area contributed by atoms with Gasteiger partial charge in [0.1, 0.15) is 5.75 Å². The highest BCUT2D eigenvalue weighted by Gasteiger charge is 2.30. The van der Waals surface area contributed by atoms with Crippen LogP contribution in [0.5, 0.6) is 11.5 Å². The molecule has 0 atom stereocenters. The molecule has 0 saturated carbocycles. The van der Waals surface area contributed by atoms with Crippen molar-refractivity contribution >= 4 is 6.16 Å². The summed E-state index contributed by atoms with van der Waals surface area (Å²) in [5.41, 5.74) is -0.133. The van der Waals surface area contributed by atoms with E-state index in [1.807, 2.05) is 6.92 Å². The first-order chi connectivity index (χ1) is 11.8. The minimum Gasteiger partial charge on any atom is -0.513 e. The topological polar surface area (TPSA) is 58.6 Å². The van der Waals surface area contributed by atoms with Crippen LogP contribution in [0.25, 0.3) is 11.1 Å². The lowest BCUT2D eigenvalue weighted by Crippen LogP contribution is -2.26. The van der Waals surface area contributed by atoms with Crippen molar-refractivity contribution in [3.63, 3.8) is 0 Å². The van der Waals surface area contributed by atoms with Crippen molar-refractivity contribution in [1.29, 1.82) is 0 Å². The summed E-state index contributed by atoms with van der Waals surface area (Å²) < 4.78 is 48.2. The van der Waals surface area contributed by atoms with Crippen LogP contribution in [0.3, 0.4) is 0 Å². The van der Waals surface area contributed by atoms with Crippen molar-refractivity contribution in [2.24, 2.45) is 0 Å². The molecule has 0 heterocycles. The zero-order valence-corrected chi connectivity index (χ0v) is 13.4. The van der Waals surface area contributed by atoms with Crippen LogP contribution < -0.4 is 14.6 Å². The van der Waals surface area contributed by atoms with Crippen molar-refractivity contribution in [2.75, 3.05) is 6.61 Å². The average molecular weight is 353 g/mol. The van der Waals surface area contributed by atoms with E-state index in [-0.39, 0.29) is 5.75 Å². The molecule has 7 heteroatoms. The Morgan fingerprint density at radius 1 is 1.12 bits per heavy atom. The molecule has 0 fully saturated rings. The van der Waals surface area contributed by atoms with Crippen LogP contribution in [-0.2, 0) is 6.18 Å². The Kier molecular flexibility index (Phi) is 5.90. The third-order valence-corrected chi connectivity index (χ3v) is 3.43. The minimum absolute atomic E-state index is 0.0393. The highest BCUT2D eigenvalue weighted by molar-refractivity contribution is 5.75. The first-order valence-corrected chi connectivity index (χ1v) is 7.64. The van der Waals surface area contributed by atoms with Crippen molar-refractivity contribution in [2.45, 2.75) is 25.9 Å². The SMILES string of the molecule is CCCCOc1ccc(OC(=O)[O-])c(-c2ccc(C(F)(F)F)cc2)c1. The molecule has 4 nitrogen and oxygen atoms in total. The number of unbranched alkanes of at least 4 members (excludes halogenated alkanes) is 1. The number of carboxylic acid groups (broad SMARTS) is 1. The molecule has 0 amide bonds. The van der Waals surface area contributed by atoms with Crippen LogP contribution in [0, 0.1) is 0 Å². The van der Waals surface area contributed by atoms with E-state index >= 15 is 0 Å². The van der Waals surface area contributed by atoms with Gasteiger partial charge in [-0.05, 0) is 42.3 Å². The predicted octanol–water partition coefficient (Wildman–Crippen LogP) is 4.27. The van der Waals surface area contributed by atoms with E-state index in [4.69, 9.17) is 4.74 Å². The number of hydrogen-bond donors (Lipinski definition) is 0. The summed E-state index contributed by atoms with van der Waals surface area (Å²) in [5.74, 6) is 0.427. The third-order valence-electron chi connectivity index (χ3n) is 3.43. The number of carbonyl (C=O) groups is 1.